The normalized spacial score (nSPS) is 11.9. The van der Waals surface area contributed by atoms with Crippen LogP contribution in [0.15, 0.2) is 29.2 Å². The van der Waals surface area contributed by atoms with Crippen LogP contribution < -0.4 is 0 Å². The van der Waals surface area contributed by atoms with Gasteiger partial charge in [0.15, 0.2) is 0 Å². The first-order valence-corrected chi connectivity index (χ1v) is 6.29. The fraction of sp³-hybridized carbons (Fsp3) is 0.500. The summed E-state index contributed by atoms with van der Waals surface area (Å²) in [4.78, 5) is 1.30. The van der Waals surface area contributed by atoms with Crippen LogP contribution in [0.5, 0.6) is 0 Å². The van der Waals surface area contributed by atoms with Gasteiger partial charge in [-0.05, 0) is 43.2 Å². The lowest BCUT2D eigenvalue weighted by atomic mass is 10.1. The smallest absolute Gasteiger partial charge is 0.0540 e. The molecule has 0 aliphatic rings. The molecule has 1 unspecified atom stereocenters. The predicted molar refractivity (Wildman–Crippen MR) is 70.1 cm³/mol. The maximum atomic E-state index is 9.44. The molecule has 0 radical (unpaired) electrons. The number of rotatable bonds is 5. The van der Waals surface area contributed by atoms with E-state index >= 15 is 0 Å². The first kappa shape index (κ1) is 14.8. The predicted octanol–water partition coefficient (Wildman–Crippen LogP) is 3.53. The molecule has 1 atom stereocenters. The average Bonchev–Trinajstić information content (AvgIpc) is 2.26. The van der Waals surface area contributed by atoms with Gasteiger partial charge in [0, 0.05) is 4.90 Å². The van der Waals surface area contributed by atoms with Crippen LogP contribution in [0.25, 0.3) is 0 Å². The molecule has 1 N–H and O–H groups in total. The van der Waals surface area contributed by atoms with Crippen molar-refractivity contribution in [1.82, 2.24) is 0 Å². The third-order valence-electron chi connectivity index (χ3n) is 2.37. The van der Waals surface area contributed by atoms with Gasteiger partial charge in [-0.15, -0.1) is 24.2 Å². The van der Waals surface area contributed by atoms with E-state index in [1.165, 1.54) is 10.5 Å². The highest BCUT2D eigenvalue weighted by atomic mass is 35.5. The minimum Gasteiger partial charge on any atom is -0.393 e. The molecule has 86 valence electrons. The van der Waals surface area contributed by atoms with E-state index < -0.39 is 0 Å². The van der Waals surface area contributed by atoms with Crippen molar-refractivity contribution < 1.29 is 5.11 Å². The van der Waals surface area contributed by atoms with Gasteiger partial charge in [0.1, 0.15) is 0 Å². The summed E-state index contributed by atoms with van der Waals surface area (Å²) in [6.07, 6.45) is 4.63. The van der Waals surface area contributed by atoms with Crippen LogP contribution in [0.1, 0.15) is 25.3 Å². The molecule has 3 heteroatoms. The van der Waals surface area contributed by atoms with Crippen LogP contribution in [-0.2, 0) is 6.42 Å². The summed E-state index contributed by atoms with van der Waals surface area (Å²) in [5.41, 5.74) is 1.32. The molecule has 0 saturated carbocycles. The Kier molecular flexibility index (Phi) is 7.93. The molecule has 0 heterocycles. The minimum absolute atomic E-state index is 0. The number of thioether (sulfide) groups is 1. The third-order valence-corrected chi connectivity index (χ3v) is 3.10. The highest BCUT2D eigenvalue weighted by molar-refractivity contribution is 7.98. The average molecular weight is 247 g/mol. The maximum absolute atomic E-state index is 9.44. The molecule has 1 nitrogen and oxygen atoms in total. The third kappa shape index (κ3) is 5.45. The first-order chi connectivity index (χ1) is 6.76. The molecule has 0 aromatic heterocycles. The monoisotopic (exact) mass is 246 g/mol. The van der Waals surface area contributed by atoms with Crippen LogP contribution in [0.3, 0.4) is 0 Å². The molecule has 0 fully saturated rings. The molecule has 0 aliphatic carbocycles. The van der Waals surface area contributed by atoms with Crippen molar-refractivity contribution in [3.8, 4) is 0 Å². The Hall–Kier alpha value is -0.180. The quantitative estimate of drug-likeness (QED) is 0.803. The lowest BCUT2D eigenvalue weighted by molar-refractivity contribution is 0.160. The topological polar surface area (TPSA) is 20.2 Å². The van der Waals surface area contributed by atoms with Crippen molar-refractivity contribution >= 4 is 24.2 Å². The highest BCUT2D eigenvalue weighted by Crippen LogP contribution is 2.17. The van der Waals surface area contributed by atoms with Crippen LogP contribution in [0, 0.1) is 0 Å². The van der Waals surface area contributed by atoms with E-state index in [1.54, 1.807) is 11.8 Å². The van der Waals surface area contributed by atoms with Gasteiger partial charge in [0.2, 0.25) is 0 Å². The number of halogens is 1. The van der Waals surface area contributed by atoms with E-state index in [0.717, 1.165) is 19.3 Å². The molecule has 0 spiro atoms. The van der Waals surface area contributed by atoms with Gasteiger partial charge in [-0.3, -0.25) is 0 Å². The van der Waals surface area contributed by atoms with Gasteiger partial charge < -0.3 is 5.11 Å². The zero-order chi connectivity index (χ0) is 10.4. The van der Waals surface area contributed by atoms with Crippen LogP contribution in [-0.4, -0.2) is 17.5 Å². The molecule has 15 heavy (non-hydrogen) atoms. The largest absolute Gasteiger partial charge is 0.393 e. The van der Waals surface area contributed by atoms with E-state index in [9.17, 15) is 5.11 Å². The first-order valence-electron chi connectivity index (χ1n) is 5.07. The molecular weight excluding hydrogens is 228 g/mol. The Bertz CT molecular complexity index is 278. The van der Waals surface area contributed by atoms with Gasteiger partial charge in [0.25, 0.3) is 0 Å². The number of benzene rings is 1. The number of aryl methyl sites for hydroxylation is 1. The number of aliphatic hydroxyl groups excluding tert-OH is 1. The summed E-state index contributed by atoms with van der Waals surface area (Å²) in [6.45, 7) is 2.02. The molecular formula is C12H19ClOS. The SMILES string of the molecule is CCC(O)CCc1cccc(SC)c1.Cl. The zero-order valence-electron chi connectivity index (χ0n) is 9.27. The summed E-state index contributed by atoms with van der Waals surface area (Å²) in [7, 11) is 0. The Morgan fingerprint density at radius 2 is 2.13 bits per heavy atom. The summed E-state index contributed by atoms with van der Waals surface area (Å²) in [5.74, 6) is 0. The van der Waals surface area contributed by atoms with Gasteiger partial charge in [-0.25, -0.2) is 0 Å². The fourth-order valence-corrected chi connectivity index (χ4v) is 1.85. The van der Waals surface area contributed by atoms with Gasteiger partial charge in [-0.1, -0.05) is 19.1 Å². The van der Waals surface area contributed by atoms with Crippen LogP contribution >= 0.6 is 24.2 Å². The molecule has 0 bridgehead atoms. The summed E-state index contributed by atoms with van der Waals surface area (Å²) >= 11 is 1.76. The minimum atomic E-state index is -0.145. The van der Waals surface area contributed by atoms with Crippen molar-refractivity contribution in [1.29, 1.82) is 0 Å². The molecule has 1 rings (SSSR count). The number of aliphatic hydroxyl groups is 1. The maximum Gasteiger partial charge on any atom is 0.0540 e. The van der Waals surface area contributed by atoms with E-state index in [0.29, 0.717) is 0 Å². The van der Waals surface area contributed by atoms with E-state index in [1.807, 2.05) is 6.92 Å². The second-order valence-electron chi connectivity index (χ2n) is 3.45. The molecule has 0 saturated heterocycles. The molecule has 0 aliphatic heterocycles. The van der Waals surface area contributed by atoms with Crippen LogP contribution in [0.2, 0.25) is 0 Å². The molecule has 1 aromatic carbocycles. The van der Waals surface area contributed by atoms with E-state index in [4.69, 9.17) is 0 Å². The van der Waals surface area contributed by atoms with Crippen molar-refractivity contribution in [3.05, 3.63) is 29.8 Å². The van der Waals surface area contributed by atoms with Crippen molar-refractivity contribution in [2.45, 2.75) is 37.2 Å². The lowest BCUT2D eigenvalue weighted by Gasteiger charge is -2.07. The van der Waals surface area contributed by atoms with Crippen molar-refractivity contribution in [2.75, 3.05) is 6.26 Å². The standard InChI is InChI=1S/C12H18OS.ClH/c1-3-11(13)8-7-10-5-4-6-12(9-10)14-2;/h4-6,9,11,13H,3,7-8H2,1-2H3;1H. The highest BCUT2D eigenvalue weighted by Gasteiger charge is 2.01. The second-order valence-corrected chi connectivity index (χ2v) is 4.33. The van der Waals surface area contributed by atoms with E-state index in [-0.39, 0.29) is 18.5 Å². The van der Waals surface area contributed by atoms with Gasteiger partial charge in [0.05, 0.1) is 6.10 Å². The Morgan fingerprint density at radius 3 is 2.73 bits per heavy atom. The zero-order valence-corrected chi connectivity index (χ0v) is 10.9. The fourth-order valence-electron chi connectivity index (χ4n) is 1.37. The van der Waals surface area contributed by atoms with Crippen molar-refractivity contribution in [2.24, 2.45) is 0 Å². The van der Waals surface area contributed by atoms with Crippen molar-refractivity contribution in [3.63, 3.8) is 0 Å². The number of hydrogen-bond donors (Lipinski definition) is 1. The summed E-state index contributed by atoms with van der Waals surface area (Å²) in [5, 5.41) is 9.44. The Labute approximate surface area is 103 Å². The Balaban J connectivity index is 0.00000196. The molecule has 1 aromatic rings. The summed E-state index contributed by atoms with van der Waals surface area (Å²) in [6, 6.07) is 8.53. The summed E-state index contributed by atoms with van der Waals surface area (Å²) < 4.78 is 0. The Morgan fingerprint density at radius 1 is 1.40 bits per heavy atom. The second kappa shape index (κ2) is 8.03. The molecule has 0 amide bonds. The lowest BCUT2D eigenvalue weighted by Crippen LogP contribution is -2.05. The van der Waals surface area contributed by atoms with E-state index in [2.05, 4.69) is 30.5 Å². The van der Waals surface area contributed by atoms with Gasteiger partial charge in [-0.2, -0.15) is 0 Å². The number of hydrogen-bond acceptors (Lipinski definition) is 2. The van der Waals surface area contributed by atoms with Crippen LogP contribution in [0.4, 0.5) is 0 Å². The van der Waals surface area contributed by atoms with Gasteiger partial charge >= 0.3 is 0 Å².